The summed E-state index contributed by atoms with van der Waals surface area (Å²) in [5, 5.41) is 11.6. The van der Waals surface area contributed by atoms with Gasteiger partial charge in [-0.1, -0.05) is 47.7 Å². The van der Waals surface area contributed by atoms with Crippen LogP contribution >= 0.6 is 27.3 Å². The molecule has 3 rings (SSSR count). The van der Waals surface area contributed by atoms with E-state index in [9.17, 15) is 0 Å². The smallest absolute Gasteiger partial charge is 0.213 e. The molecule has 0 fully saturated rings. The number of halogens is 1. The van der Waals surface area contributed by atoms with Crippen LogP contribution in [0.2, 0.25) is 0 Å². The van der Waals surface area contributed by atoms with E-state index in [-0.39, 0.29) is 0 Å². The van der Waals surface area contributed by atoms with Crippen molar-refractivity contribution in [2.75, 3.05) is 11.4 Å². The third-order valence-corrected chi connectivity index (χ3v) is 4.37. The molecule has 0 saturated heterocycles. The summed E-state index contributed by atoms with van der Waals surface area (Å²) in [6.45, 7) is 2.98. The Balaban J connectivity index is 2.16. The molecule has 3 nitrogen and oxygen atoms in total. The highest BCUT2D eigenvalue weighted by Crippen LogP contribution is 2.34. The maximum atomic E-state index is 4.22. The van der Waals surface area contributed by atoms with Crippen molar-refractivity contribution in [3.8, 4) is 0 Å². The molecule has 0 aliphatic rings. The van der Waals surface area contributed by atoms with Gasteiger partial charge in [-0.05, 0) is 34.3 Å². The van der Waals surface area contributed by atoms with Gasteiger partial charge in [-0.2, -0.15) is 0 Å². The van der Waals surface area contributed by atoms with Gasteiger partial charge in [-0.3, -0.25) is 0 Å². The van der Waals surface area contributed by atoms with E-state index < -0.39 is 0 Å². The molecular formula is C14H12BrN3S. The molecule has 3 aromatic rings. The summed E-state index contributed by atoms with van der Waals surface area (Å²) in [7, 11) is 0. The lowest BCUT2D eigenvalue weighted by molar-refractivity contribution is 0.970. The first-order valence-electron chi connectivity index (χ1n) is 6.04. The van der Waals surface area contributed by atoms with Crippen LogP contribution in [0.15, 0.2) is 46.4 Å². The Kier molecular flexibility index (Phi) is 3.48. The van der Waals surface area contributed by atoms with Crippen LogP contribution < -0.4 is 4.90 Å². The average Bonchev–Trinajstić information content (AvgIpc) is 2.86. The lowest BCUT2D eigenvalue weighted by Gasteiger charge is -2.21. The van der Waals surface area contributed by atoms with Gasteiger partial charge in [0.1, 0.15) is 0 Å². The Hall–Kier alpha value is -1.46. The number of fused-ring (bicyclic) bond motifs is 1. The minimum absolute atomic E-state index is 0.807. The quantitative estimate of drug-likeness (QED) is 0.700. The van der Waals surface area contributed by atoms with Gasteiger partial charge in [0.2, 0.25) is 5.13 Å². The van der Waals surface area contributed by atoms with Crippen molar-refractivity contribution in [2.45, 2.75) is 6.92 Å². The molecule has 0 aliphatic carbocycles. The van der Waals surface area contributed by atoms with Crippen molar-refractivity contribution >= 4 is 48.9 Å². The molecule has 1 heterocycles. The number of nitrogens with zero attached hydrogens (tertiary/aromatic N) is 3. The summed E-state index contributed by atoms with van der Waals surface area (Å²) >= 11 is 4.91. The SMILES string of the molecule is CCN(c1nnc(Br)s1)c1cccc2ccccc12. The van der Waals surface area contributed by atoms with E-state index in [0.29, 0.717) is 0 Å². The van der Waals surface area contributed by atoms with Crippen LogP contribution in [-0.4, -0.2) is 16.7 Å². The van der Waals surface area contributed by atoms with Gasteiger partial charge in [0, 0.05) is 11.9 Å². The minimum atomic E-state index is 0.807. The Morgan fingerprint density at radius 2 is 1.89 bits per heavy atom. The average molecular weight is 334 g/mol. The highest BCUT2D eigenvalue weighted by molar-refractivity contribution is 9.11. The molecule has 0 amide bonds. The number of rotatable bonds is 3. The van der Waals surface area contributed by atoms with E-state index in [2.05, 4.69) is 80.4 Å². The highest BCUT2D eigenvalue weighted by Gasteiger charge is 2.14. The first-order valence-corrected chi connectivity index (χ1v) is 7.65. The summed E-state index contributed by atoms with van der Waals surface area (Å²) in [6.07, 6.45) is 0. The second-order valence-corrected chi connectivity index (χ2v) is 6.31. The van der Waals surface area contributed by atoms with E-state index in [1.165, 1.54) is 16.5 Å². The van der Waals surface area contributed by atoms with Crippen LogP contribution in [0.3, 0.4) is 0 Å². The predicted molar refractivity (Wildman–Crippen MR) is 84.2 cm³/mol. The van der Waals surface area contributed by atoms with Gasteiger partial charge < -0.3 is 4.90 Å². The van der Waals surface area contributed by atoms with Crippen LogP contribution in [0.25, 0.3) is 10.8 Å². The third-order valence-electron chi connectivity index (χ3n) is 2.99. The lowest BCUT2D eigenvalue weighted by atomic mass is 10.1. The van der Waals surface area contributed by atoms with Crippen molar-refractivity contribution < 1.29 is 0 Å². The monoisotopic (exact) mass is 333 g/mol. The summed E-state index contributed by atoms with van der Waals surface area (Å²) in [4.78, 5) is 2.19. The minimum Gasteiger partial charge on any atom is -0.316 e. The zero-order chi connectivity index (χ0) is 13.2. The molecule has 1 aromatic heterocycles. The fourth-order valence-corrected chi connectivity index (χ4v) is 3.32. The van der Waals surface area contributed by atoms with E-state index in [1.807, 2.05) is 0 Å². The number of aromatic nitrogens is 2. The number of anilines is 2. The number of benzene rings is 2. The normalized spacial score (nSPS) is 10.8. The van der Waals surface area contributed by atoms with E-state index >= 15 is 0 Å². The van der Waals surface area contributed by atoms with Crippen molar-refractivity contribution in [1.82, 2.24) is 10.2 Å². The molecule has 0 atom stereocenters. The van der Waals surface area contributed by atoms with Crippen molar-refractivity contribution in [2.24, 2.45) is 0 Å². The van der Waals surface area contributed by atoms with Gasteiger partial charge >= 0.3 is 0 Å². The predicted octanol–water partition coefficient (Wildman–Crippen LogP) is 4.61. The van der Waals surface area contributed by atoms with E-state index in [4.69, 9.17) is 0 Å². The molecule has 96 valence electrons. The maximum Gasteiger partial charge on any atom is 0.213 e. The summed E-state index contributed by atoms with van der Waals surface area (Å²) in [6, 6.07) is 14.7. The second-order valence-electron chi connectivity index (χ2n) is 4.08. The summed E-state index contributed by atoms with van der Waals surface area (Å²) in [5.74, 6) is 0. The Bertz CT molecular complexity index is 705. The molecule has 0 N–H and O–H groups in total. The van der Waals surface area contributed by atoms with Crippen LogP contribution in [0.5, 0.6) is 0 Å². The zero-order valence-electron chi connectivity index (χ0n) is 10.4. The molecule has 0 unspecified atom stereocenters. The molecule has 0 spiro atoms. The van der Waals surface area contributed by atoms with Gasteiger partial charge in [0.05, 0.1) is 5.69 Å². The van der Waals surface area contributed by atoms with Crippen LogP contribution in [-0.2, 0) is 0 Å². The molecule has 0 aliphatic heterocycles. The van der Waals surface area contributed by atoms with E-state index in [0.717, 1.165) is 15.6 Å². The van der Waals surface area contributed by atoms with Crippen LogP contribution in [0.4, 0.5) is 10.8 Å². The molecule has 5 heteroatoms. The number of hydrogen-bond acceptors (Lipinski definition) is 4. The fraction of sp³-hybridized carbons (Fsp3) is 0.143. The number of hydrogen-bond donors (Lipinski definition) is 0. The first kappa shape index (κ1) is 12.6. The van der Waals surface area contributed by atoms with E-state index in [1.54, 1.807) is 11.3 Å². The molecule has 0 saturated carbocycles. The Morgan fingerprint density at radius 3 is 2.63 bits per heavy atom. The molecular weight excluding hydrogens is 322 g/mol. The molecule has 19 heavy (non-hydrogen) atoms. The topological polar surface area (TPSA) is 29.0 Å². The second kappa shape index (κ2) is 5.27. The zero-order valence-corrected chi connectivity index (χ0v) is 12.8. The summed E-state index contributed by atoms with van der Waals surface area (Å²) < 4.78 is 0.807. The largest absolute Gasteiger partial charge is 0.316 e. The third kappa shape index (κ3) is 2.35. The van der Waals surface area contributed by atoms with Crippen LogP contribution in [0.1, 0.15) is 6.92 Å². The van der Waals surface area contributed by atoms with Crippen LogP contribution in [0, 0.1) is 0 Å². The molecule has 0 radical (unpaired) electrons. The van der Waals surface area contributed by atoms with Gasteiger partial charge in [-0.15, -0.1) is 10.2 Å². The van der Waals surface area contributed by atoms with Crippen molar-refractivity contribution in [1.29, 1.82) is 0 Å². The summed E-state index contributed by atoms with van der Waals surface area (Å²) in [5.41, 5.74) is 1.17. The van der Waals surface area contributed by atoms with Crippen molar-refractivity contribution in [3.05, 3.63) is 46.4 Å². The standard InChI is InChI=1S/C14H12BrN3S/c1-2-18(14-17-16-13(15)19-14)12-9-5-7-10-6-3-4-8-11(10)12/h3-9H,2H2,1H3. The molecule has 2 aromatic carbocycles. The van der Waals surface area contributed by atoms with Crippen molar-refractivity contribution in [3.63, 3.8) is 0 Å². The highest BCUT2D eigenvalue weighted by atomic mass is 79.9. The Labute approximate surface area is 124 Å². The van der Waals surface area contributed by atoms with Gasteiger partial charge in [-0.25, -0.2) is 0 Å². The first-order chi connectivity index (χ1) is 9.29. The van der Waals surface area contributed by atoms with Gasteiger partial charge in [0.15, 0.2) is 3.92 Å². The lowest BCUT2D eigenvalue weighted by Crippen LogP contribution is -2.16. The molecule has 0 bridgehead atoms. The van der Waals surface area contributed by atoms with Gasteiger partial charge in [0.25, 0.3) is 0 Å². The Morgan fingerprint density at radius 1 is 1.11 bits per heavy atom. The fourth-order valence-electron chi connectivity index (χ4n) is 2.16. The maximum absolute atomic E-state index is 4.22.